The quantitative estimate of drug-likeness (QED) is 0.623. The Balaban J connectivity index is 3.75. The molecule has 0 aromatic heterocycles. The first-order chi connectivity index (χ1) is 6.11. The molecule has 2 unspecified atom stereocenters. The van der Waals surface area contributed by atoms with E-state index >= 15 is 0 Å². The van der Waals surface area contributed by atoms with Crippen LogP contribution >= 0.6 is 0 Å². The molecule has 0 spiro atoms. The fraction of sp³-hybridized carbons (Fsp3) is 0.889. The highest BCUT2D eigenvalue weighted by molar-refractivity contribution is 5.73. The molecule has 0 aliphatic heterocycles. The third kappa shape index (κ3) is 5.60. The molecular weight excluding hydrogens is 170 g/mol. The Bertz CT molecular complexity index is 150. The van der Waals surface area contributed by atoms with E-state index in [0.717, 1.165) is 6.42 Å². The fourth-order valence-electron chi connectivity index (χ4n) is 0.993. The second-order valence-corrected chi connectivity index (χ2v) is 3.13. The molecule has 0 rings (SSSR count). The molecular formula is C9H19NO3. The van der Waals surface area contributed by atoms with Gasteiger partial charge in [0, 0.05) is 13.7 Å². The number of methoxy groups -OCH3 is 1. The van der Waals surface area contributed by atoms with Gasteiger partial charge in [0.1, 0.15) is 6.04 Å². The van der Waals surface area contributed by atoms with Crippen molar-refractivity contribution in [2.24, 2.45) is 0 Å². The predicted molar refractivity (Wildman–Crippen MR) is 50.8 cm³/mol. The van der Waals surface area contributed by atoms with Gasteiger partial charge in [-0.15, -0.1) is 0 Å². The second kappa shape index (κ2) is 6.86. The van der Waals surface area contributed by atoms with Crippen LogP contribution in [0.4, 0.5) is 0 Å². The van der Waals surface area contributed by atoms with Crippen molar-refractivity contribution in [3.63, 3.8) is 0 Å². The Hall–Kier alpha value is -0.610. The summed E-state index contributed by atoms with van der Waals surface area (Å²) in [5, 5.41) is 11.7. The highest BCUT2D eigenvalue weighted by atomic mass is 16.5. The minimum atomic E-state index is -0.787. The number of ether oxygens (including phenoxy) is 1. The number of hydrogen-bond acceptors (Lipinski definition) is 3. The van der Waals surface area contributed by atoms with Gasteiger partial charge in [-0.2, -0.15) is 0 Å². The van der Waals surface area contributed by atoms with Crippen molar-refractivity contribution in [3.8, 4) is 0 Å². The lowest BCUT2D eigenvalue weighted by Crippen LogP contribution is -2.40. The summed E-state index contributed by atoms with van der Waals surface area (Å²) in [6.45, 7) is 4.45. The van der Waals surface area contributed by atoms with Crippen molar-refractivity contribution in [1.82, 2.24) is 5.32 Å². The van der Waals surface area contributed by atoms with E-state index in [1.54, 1.807) is 7.11 Å². The molecule has 2 atom stereocenters. The molecule has 0 bridgehead atoms. The van der Waals surface area contributed by atoms with Crippen LogP contribution in [-0.4, -0.2) is 36.9 Å². The van der Waals surface area contributed by atoms with Gasteiger partial charge < -0.3 is 15.2 Å². The summed E-state index contributed by atoms with van der Waals surface area (Å²) >= 11 is 0. The Morgan fingerprint density at radius 3 is 2.62 bits per heavy atom. The van der Waals surface area contributed by atoms with Crippen LogP contribution in [0.1, 0.15) is 26.7 Å². The minimum Gasteiger partial charge on any atom is -0.480 e. The van der Waals surface area contributed by atoms with Crippen molar-refractivity contribution in [2.75, 3.05) is 13.7 Å². The Morgan fingerprint density at radius 1 is 1.62 bits per heavy atom. The van der Waals surface area contributed by atoms with Gasteiger partial charge >= 0.3 is 5.97 Å². The summed E-state index contributed by atoms with van der Waals surface area (Å²) in [4.78, 5) is 10.7. The molecule has 0 fully saturated rings. The van der Waals surface area contributed by atoms with Crippen LogP contribution in [0.15, 0.2) is 0 Å². The third-order valence-corrected chi connectivity index (χ3v) is 1.93. The number of hydrogen-bond donors (Lipinski definition) is 2. The highest BCUT2D eigenvalue weighted by Crippen LogP contribution is 1.97. The van der Waals surface area contributed by atoms with Gasteiger partial charge in [0.15, 0.2) is 0 Å². The van der Waals surface area contributed by atoms with Crippen LogP contribution in [-0.2, 0) is 9.53 Å². The van der Waals surface area contributed by atoms with E-state index in [9.17, 15) is 4.79 Å². The van der Waals surface area contributed by atoms with E-state index in [1.165, 1.54) is 0 Å². The number of rotatable bonds is 7. The molecule has 4 nitrogen and oxygen atoms in total. The maximum absolute atomic E-state index is 10.7. The third-order valence-electron chi connectivity index (χ3n) is 1.93. The summed E-state index contributed by atoms with van der Waals surface area (Å²) in [6, 6.07) is -0.442. The first-order valence-corrected chi connectivity index (χ1v) is 4.60. The summed E-state index contributed by atoms with van der Waals surface area (Å²) in [5.41, 5.74) is 0. The topological polar surface area (TPSA) is 58.6 Å². The first-order valence-electron chi connectivity index (χ1n) is 4.60. The fourth-order valence-corrected chi connectivity index (χ4v) is 0.993. The zero-order valence-corrected chi connectivity index (χ0v) is 8.54. The molecule has 0 aromatic carbocycles. The molecule has 0 saturated heterocycles. The summed E-state index contributed by atoms with van der Waals surface area (Å²) in [7, 11) is 1.61. The highest BCUT2D eigenvalue weighted by Gasteiger charge is 2.15. The summed E-state index contributed by atoms with van der Waals surface area (Å²) in [6.07, 6.45) is 1.58. The van der Waals surface area contributed by atoms with E-state index in [2.05, 4.69) is 5.32 Å². The zero-order chi connectivity index (χ0) is 10.3. The van der Waals surface area contributed by atoms with Gasteiger partial charge in [-0.05, 0) is 13.3 Å². The molecule has 0 saturated carbocycles. The van der Waals surface area contributed by atoms with Crippen LogP contribution < -0.4 is 5.32 Å². The van der Waals surface area contributed by atoms with Gasteiger partial charge in [-0.1, -0.05) is 13.3 Å². The number of aliphatic carboxylic acids is 1. The molecule has 2 N–H and O–H groups in total. The molecule has 4 heteroatoms. The lowest BCUT2D eigenvalue weighted by atomic mass is 10.1. The molecule has 0 heterocycles. The zero-order valence-electron chi connectivity index (χ0n) is 8.54. The average molecular weight is 189 g/mol. The maximum Gasteiger partial charge on any atom is 0.320 e. The van der Waals surface area contributed by atoms with E-state index < -0.39 is 12.0 Å². The smallest absolute Gasteiger partial charge is 0.320 e. The average Bonchev–Trinajstić information content (AvgIpc) is 2.11. The van der Waals surface area contributed by atoms with Crippen molar-refractivity contribution >= 4 is 5.97 Å². The van der Waals surface area contributed by atoms with E-state index in [0.29, 0.717) is 13.0 Å². The molecule has 0 amide bonds. The Labute approximate surface area is 79.3 Å². The molecule has 0 aliphatic rings. The molecule has 78 valence electrons. The number of carboxylic acid groups (broad SMARTS) is 1. The van der Waals surface area contributed by atoms with Gasteiger partial charge in [-0.3, -0.25) is 4.79 Å². The standard InChI is InChI=1S/C9H19NO3/c1-4-5-8(9(11)12)10-6-7(2)13-3/h7-8,10H,4-6H2,1-3H3,(H,11,12). The predicted octanol–water partition coefficient (Wildman–Crippen LogP) is 0.864. The van der Waals surface area contributed by atoms with Crippen LogP contribution in [0.5, 0.6) is 0 Å². The van der Waals surface area contributed by atoms with Crippen LogP contribution in [0.3, 0.4) is 0 Å². The first kappa shape index (κ1) is 12.4. The number of carboxylic acids is 1. The molecule has 0 radical (unpaired) electrons. The van der Waals surface area contributed by atoms with E-state index in [-0.39, 0.29) is 6.10 Å². The van der Waals surface area contributed by atoms with Crippen LogP contribution in [0, 0.1) is 0 Å². The number of carbonyl (C=O) groups is 1. The SMILES string of the molecule is CCCC(NCC(C)OC)C(=O)O. The van der Waals surface area contributed by atoms with Gasteiger partial charge in [0.2, 0.25) is 0 Å². The lowest BCUT2D eigenvalue weighted by molar-refractivity contribution is -0.139. The van der Waals surface area contributed by atoms with Crippen molar-refractivity contribution in [1.29, 1.82) is 0 Å². The van der Waals surface area contributed by atoms with Crippen LogP contribution in [0.2, 0.25) is 0 Å². The maximum atomic E-state index is 10.7. The lowest BCUT2D eigenvalue weighted by Gasteiger charge is -2.16. The Morgan fingerprint density at radius 2 is 2.23 bits per heavy atom. The van der Waals surface area contributed by atoms with Gasteiger partial charge in [0.05, 0.1) is 6.10 Å². The van der Waals surface area contributed by atoms with Crippen molar-refractivity contribution in [2.45, 2.75) is 38.8 Å². The minimum absolute atomic E-state index is 0.0544. The van der Waals surface area contributed by atoms with Crippen LogP contribution in [0.25, 0.3) is 0 Å². The molecule has 0 aliphatic carbocycles. The normalized spacial score (nSPS) is 15.3. The molecule has 13 heavy (non-hydrogen) atoms. The largest absolute Gasteiger partial charge is 0.480 e. The Kier molecular flexibility index (Phi) is 6.54. The number of nitrogens with one attached hydrogen (secondary N) is 1. The van der Waals surface area contributed by atoms with Gasteiger partial charge in [0.25, 0.3) is 0 Å². The van der Waals surface area contributed by atoms with Crippen molar-refractivity contribution in [3.05, 3.63) is 0 Å². The summed E-state index contributed by atoms with van der Waals surface area (Å²) in [5.74, 6) is -0.787. The van der Waals surface area contributed by atoms with Crippen molar-refractivity contribution < 1.29 is 14.6 Å². The monoisotopic (exact) mass is 189 g/mol. The summed E-state index contributed by atoms with van der Waals surface area (Å²) < 4.78 is 5.00. The second-order valence-electron chi connectivity index (χ2n) is 3.13. The van der Waals surface area contributed by atoms with E-state index in [1.807, 2.05) is 13.8 Å². The van der Waals surface area contributed by atoms with E-state index in [4.69, 9.17) is 9.84 Å². The van der Waals surface area contributed by atoms with Gasteiger partial charge in [-0.25, -0.2) is 0 Å². The molecule has 0 aromatic rings.